The highest BCUT2D eigenvalue weighted by atomic mass is 35.5. The molecule has 1 aromatic heterocycles. The molecular formula is C14H15ClFN3O2. The van der Waals surface area contributed by atoms with Gasteiger partial charge in [0, 0.05) is 23.9 Å². The van der Waals surface area contributed by atoms with E-state index < -0.39 is 11.8 Å². The zero-order valence-corrected chi connectivity index (χ0v) is 12.7. The van der Waals surface area contributed by atoms with Gasteiger partial charge in [-0.2, -0.15) is 5.10 Å². The van der Waals surface area contributed by atoms with Crippen molar-refractivity contribution >= 4 is 23.3 Å². The zero-order chi connectivity index (χ0) is 15.7. The molecule has 2 N–H and O–H groups in total. The Bertz CT molecular complexity index is 689. The number of anilines is 1. The molecule has 0 aliphatic heterocycles. The zero-order valence-electron chi connectivity index (χ0n) is 11.9. The fraction of sp³-hybridized carbons (Fsp3) is 0.286. The molecule has 0 unspecified atom stereocenters. The normalized spacial score (nSPS) is 10.7. The van der Waals surface area contributed by atoms with Gasteiger partial charge in [-0.05, 0) is 26.0 Å². The van der Waals surface area contributed by atoms with Crippen molar-refractivity contribution in [1.29, 1.82) is 0 Å². The predicted molar refractivity (Wildman–Crippen MR) is 77.6 cm³/mol. The molecule has 112 valence electrons. The Morgan fingerprint density at radius 2 is 2.14 bits per heavy atom. The molecule has 2 rings (SSSR count). The van der Waals surface area contributed by atoms with Crippen molar-refractivity contribution in [2.24, 2.45) is 7.05 Å². The Morgan fingerprint density at radius 1 is 1.48 bits per heavy atom. The fourth-order valence-electron chi connectivity index (χ4n) is 1.88. The standard InChI is InChI=1S/C14H15ClFN3O2/c1-7-11(16)4-9(5-12(7)17)14(20)21-6-10-8(2)18-19(3)13(10)15/h4-5H,6,17H2,1-3H3. The average Bonchev–Trinajstić information content (AvgIpc) is 2.66. The number of aromatic nitrogens is 2. The first-order valence-corrected chi connectivity index (χ1v) is 6.59. The largest absolute Gasteiger partial charge is 0.457 e. The van der Waals surface area contributed by atoms with E-state index in [1.807, 2.05) is 0 Å². The fourth-order valence-corrected chi connectivity index (χ4v) is 2.11. The Labute approximate surface area is 126 Å². The van der Waals surface area contributed by atoms with Crippen molar-refractivity contribution in [1.82, 2.24) is 9.78 Å². The van der Waals surface area contributed by atoms with Crippen molar-refractivity contribution in [2.45, 2.75) is 20.5 Å². The third kappa shape index (κ3) is 3.00. The number of nitrogens with two attached hydrogens (primary N) is 1. The molecule has 0 fully saturated rings. The van der Waals surface area contributed by atoms with E-state index in [4.69, 9.17) is 22.1 Å². The second kappa shape index (κ2) is 5.73. The molecule has 7 heteroatoms. The van der Waals surface area contributed by atoms with Crippen molar-refractivity contribution in [2.75, 3.05) is 5.73 Å². The molecule has 1 aromatic carbocycles. The lowest BCUT2D eigenvalue weighted by molar-refractivity contribution is 0.0471. The second-order valence-electron chi connectivity index (χ2n) is 4.73. The van der Waals surface area contributed by atoms with Gasteiger partial charge < -0.3 is 10.5 Å². The van der Waals surface area contributed by atoms with Crippen LogP contribution in [0, 0.1) is 19.7 Å². The smallest absolute Gasteiger partial charge is 0.338 e. The number of benzene rings is 1. The SMILES string of the molecule is Cc1nn(C)c(Cl)c1COC(=O)c1cc(N)c(C)c(F)c1. The van der Waals surface area contributed by atoms with E-state index in [-0.39, 0.29) is 17.9 Å². The number of aryl methyl sites for hydroxylation is 2. The molecule has 5 nitrogen and oxygen atoms in total. The second-order valence-corrected chi connectivity index (χ2v) is 5.08. The van der Waals surface area contributed by atoms with Crippen LogP contribution >= 0.6 is 11.6 Å². The summed E-state index contributed by atoms with van der Waals surface area (Å²) in [5.41, 5.74) is 7.50. The molecule has 1 heterocycles. The van der Waals surface area contributed by atoms with Crippen LogP contribution in [0.25, 0.3) is 0 Å². The highest BCUT2D eigenvalue weighted by Gasteiger charge is 2.16. The van der Waals surface area contributed by atoms with E-state index in [9.17, 15) is 9.18 Å². The molecule has 0 aliphatic rings. The van der Waals surface area contributed by atoms with Gasteiger partial charge in [0.15, 0.2) is 0 Å². The minimum atomic E-state index is -0.667. The highest BCUT2D eigenvalue weighted by Crippen LogP contribution is 2.21. The van der Waals surface area contributed by atoms with Gasteiger partial charge >= 0.3 is 5.97 Å². The maximum Gasteiger partial charge on any atom is 0.338 e. The van der Waals surface area contributed by atoms with Crippen molar-refractivity contribution in [3.05, 3.63) is 45.5 Å². The molecule has 0 amide bonds. The Hall–Kier alpha value is -2.08. The predicted octanol–water partition coefficient (Wildman–Crippen LogP) is 2.77. The molecule has 0 aliphatic carbocycles. The summed E-state index contributed by atoms with van der Waals surface area (Å²) in [6.07, 6.45) is 0. The molecule has 0 atom stereocenters. The molecule has 0 radical (unpaired) electrons. The van der Waals surface area contributed by atoms with Crippen LogP contribution in [0.2, 0.25) is 5.15 Å². The number of carbonyl (C=O) groups excluding carboxylic acids is 1. The van der Waals surface area contributed by atoms with E-state index >= 15 is 0 Å². The van der Waals surface area contributed by atoms with Crippen molar-refractivity contribution < 1.29 is 13.9 Å². The molecule has 0 saturated heterocycles. The van der Waals surface area contributed by atoms with Crippen molar-refractivity contribution in [3.63, 3.8) is 0 Å². The lowest BCUT2D eigenvalue weighted by Crippen LogP contribution is -2.08. The summed E-state index contributed by atoms with van der Waals surface area (Å²) >= 11 is 6.04. The van der Waals surface area contributed by atoms with Gasteiger partial charge in [-0.3, -0.25) is 4.68 Å². The molecular weight excluding hydrogens is 297 g/mol. The van der Waals surface area contributed by atoms with E-state index in [1.54, 1.807) is 20.9 Å². The molecule has 0 spiro atoms. The Balaban J connectivity index is 2.16. The average molecular weight is 312 g/mol. The Morgan fingerprint density at radius 3 is 2.67 bits per heavy atom. The summed E-state index contributed by atoms with van der Waals surface area (Å²) in [4.78, 5) is 11.9. The summed E-state index contributed by atoms with van der Waals surface area (Å²) in [6.45, 7) is 3.27. The topological polar surface area (TPSA) is 70.1 Å². The number of esters is 1. The first-order valence-electron chi connectivity index (χ1n) is 6.22. The third-order valence-corrected chi connectivity index (χ3v) is 3.71. The molecule has 0 bridgehead atoms. The summed E-state index contributed by atoms with van der Waals surface area (Å²) in [7, 11) is 1.69. The van der Waals surface area contributed by atoms with Crippen LogP contribution in [0.1, 0.15) is 27.2 Å². The maximum atomic E-state index is 13.6. The number of hydrogen-bond acceptors (Lipinski definition) is 4. The Kier molecular flexibility index (Phi) is 4.18. The van der Waals surface area contributed by atoms with Gasteiger partial charge in [0.2, 0.25) is 0 Å². The number of ether oxygens (including phenoxy) is 1. The van der Waals surface area contributed by atoms with Crippen LogP contribution in [0.4, 0.5) is 10.1 Å². The lowest BCUT2D eigenvalue weighted by atomic mass is 10.1. The van der Waals surface area contributed by atoms with Gasteiger partial charge in [-0.15, -0.1) is 0 Å². The number of rotatable bonds is 3. The summed E-state index contributed by atoms with van der Waals surface area (Å²) in [5, 5.41) is 4.51. The third-order valence-electron chi connectivity index (χ3n) is 3.24. The van der Waals surface area contributed by atoms with Gasteiger partial charge in [0.05, 0.1) is 11.3 Å². The van der Waals surface area contributed by atoms with Gasteiger partial charge in [-0.25, -0.2) is 9.18 Å². The monoisotopic (exact) mass is 311 g/mol. The van der Waals surface area contributed by atoms with Crippen LogP contribution in [0.3, 0.4) is 0 Å². The molecule has 2 aromatic rings. The number of hydrogen-bond donors (Lipinski definition) is 1. The first-order chi connectivity index (χ1) is 9.81. The summed E-state index contributed by atoms with van der Waals surface area (Å²) in [6, 6.07) is 2.49. The number of halogens is 2. The van der Waals surface area contributed by atoms with E-state index in [0.717, 1.165) is 6.07 Å². The minimum Gasteiger partial charge on any atom is -0.457 e. The quantitative estimate of drug-likeness (QED) is 0.699. The first kappa shape index (κ1) is 15.3. The van der Waals surface area contributed by atoms with Crippen LogP contribution in [0.5, 0.6) is 0 Å². The number of nitrogens with zero attached hydrogens (tertiary/aromatic N) is 2. The van der Waals surface area contributed by atoms with E-state index in [0.29, 0.717) is 22.0 Å². The van der Waals surface area contributed by atoms with Crippen LogP contribution in [-0.4, -0.2) is 15.7 Å². The van der Waals surface area contributed by atoms with Gasteiger partial charge in [0.25, 0.3) is 0 Å². The van der Waals surface area contributed by atoms with Gasteiger partial charge in [0.1, 0.15) is 17.6 Å². The van der Waals surface area contributed by atoms with Crippen LogP contribution in [0.15, 0.2) is 12.1 Å². The molecule has 21 heavy (non-hydrogen) atoms. The van der Waals surface area contributed by atoms with Gasteiger partial charge in [-0.1, -0.05) is 11.6 Å². The van der Waals surface area contributed by atoms with Crippen LogP contribution < -0.4 is 5.73 Å². The molecule has 0 saturated carbocycles. The van der Waals surface area contributed by atoms with Crippen LogP contribution in [-0.2, 0) is 18.4 Å². The van der Waals surface area contributed by atoms with Crippen molar-refractivity contribution in [3.8, 4) is 0 Å². The highest BCUT2D eigenvalue weighted by molar-refractivity contribution is 6.30. The lowest BCUT2D eigenvalue weighted by Gasteiger charge is -2.07. The van der Waals surface area contributed by atoms with E-state index in [1.165, 1.54) is 10.7 Å². The number of carbonyl (C=O) groups is 1. The summed E-state index contributed by atoms with van der Waals surface area (Å²) in [5.74, 6) is -1.21. The minimum absolute atomic E-state index is 0.0350. The van der Waals surface area contributed by atoms with E-state index in [2.05, 4.69) is 5.10 Å². The maximum absolute atomic E-state index is 13.6. The summed E-state index contributed by atoms with van der Waals surface area (Å²) < 4.78 is 20.2. The number of nitrogen functional groups attached to an aromatic ring is 1.